The number of thiophene rings is 1. The third-order valence-corrected chi connectivity index (χ3v) is 6.81. The van der Waals surface area contributed by atoms with Gasteiger partial charge < -0.3 is 15.1 Å². The van der Waals surface area contributed by atoms with Gasteiger partial charge in [-0.05, 0) is 37.2 Å². The van der Waals surface area contributed by atoms with Crippen molar-refractivity contribution >= 4 is 54.9 Å². The largest absolute Gasteiger partial charge is 0.353 e. The molecule has 0 radical (unpaired) electrons. The molecule has 1 fully saturated rings. The number of carbonyl (C=O) groups is 1. The number of anilines is 2. The molecule has 0 aliphatic carbocycles. The fraction of sp³-hybridized carbons (Fsp3) is 0.350. The van der Waals surface area contributed by atoms with E-state index in [0.717, 1.165) is 64.5 Å². The fourth-order valence-electron chi connectivity index (χ4n) is 3.54. The number of nitrogens with zero attached hydrogens (tertiary/aromatic N) is 4. The Bertz CT molecular complexity index is 1010. The van der Waals surface area contributed by atoms with E-state index in [2.05, 4.69) is 47.9 Å². The molecule has 8 heteroatoms. The third-order valence-electron chi connectivity index (χ3n) is 5.11. The van der Waals surface area contributed by atoms with Crippen LogP contribution >= 0.6 is 27.3 Å². The number of likely N-dealkylation sites (N-methyl/N-ethyl adjacent to an activating group) is 1. The first kappa shape index (κ1) is 19.3. The number of fused-ring (bicyclic) bond motifs is 1. The Morgan fingerprint density at radius 3 is 2.75 bits per heavy atom. The van der Waals surface area contributed by atoms with Gasteiger partial charge in [-0.25, -0.2) is 9.97 Å². The summed E-state index contributed by atoms with van der Waals surface area (Å²) in [6.07, 6.45) is 1.61. The number of benzene rings is 1. The molecule has 6 nitrogen and oxygen atoms in total. The van der Waals surface area contributed by atoms with Crippen molar-refractivity contribution in [2.75, 3.05) is 42.9 Å². The van der Waals surface area contributed by atoms with E-state index in [0.29, 0.717) is 4.88 Å². The molecule has 1 aliphatic heterocycles. The SMILES string of the molecule is CCN1CCN(c2ncnc3sc(C(=O)Nc4cccc(Br)c4)c(C)c23)CC1. The minimum Gasteiger partial charge on any atom is -0.353 e. The number of aryl methyl sites for hydroxylation is 1. The van der Waals surface area contributed by atoms with Crippen LogP contribution in [0.1, 0.15) is 22.2 Å². The second-order valence-electron chi connectivity index (χ2n) is 6.82. The molecule has 0 bridgehead atoms. The molecule has 1 N–H and O–H groups in total. The van der Waals surface area contributed by atoms with Gasteiger partial charge in [0, 0.05) is 36.3 Å². The maximum absolute atomic E-state index is 12.9. The number of hydrogen-bond donors (Lipinski definition) is 1. The molecule has 0 saturated carbocycles. The van der Waals surface area contributed by atoms with Gasteiger partial charge in [-0.15, -0.1) is 11.3 Å². The van der Waals surface area contributed by atoms with Crippen LogP contribution in [0.15, 0.2) is 35.1 Å². The Morgan fingerprint density at radius 1 is 1.25 bits per heavy atom. The van der Waals surface area contributed by atoms with Gasteiger partial charge in [0.1, 0.15) is 17.0 Å². The Balaban J connectivity index is 1.64. The number of halogens is 1. The zero-order valence-electron chi connectivity index (χ0n) is 15.9. The third kappa shape index (κ3) is 3.76. The lowest BCUT2D eigenvalue weighted by Gasteiger charge is -2.35. The van der Waals surface area contributed by atoms with Crippen molar-refractivity contribution < 1.29 is 4.79 Å². The van der Waals surface area contributed by atoms with Gasteiger partial charge in [0.2, 0.25) is 0 Å². The van der Waals surface area contributed by atoms with E-state index < -0.39 is 0 Å². The second-order valence-corrected chi connectivity index (χ2v) is 8.73. The highest BCUT2D eigenvalue weighted by Crippen LogP contribution is 2.35. The van der Waals surface area contributed by atoms with Gasteiger partial charge in [0.25, 0.3) is 5.91 Å². The number of aromatic nitrogens is 2. The average molecular weight is 460 g/mol. The standard InChI is InChI=1S/C20H22BrN5OS/c1-3-25-7-9-26(10-8-25)18-16-13(2)17(28-20(16)23-12-22-18)19(27)24-15-6-4-5-14(21)11-15/h4-6,11-12H,3,7-10H2,1-2H3,(H,24,27). The molecule has 0 unspecified atom stereocenters. The fourth-order valence-corrected chi connectivity index (χ4v) is 4.98. The summed E-state index contributed by atoms with van der Waals surface area (Å²) in [4.78, 5) is 28.2. The van der Waals surface area contributed by atoms with E-state index in [1.54, 1.807) is 6.33 Å². The summed E-state index contributed by atoms with van der Waals surface area (Å²) in [5.74, 6) is 0.830. The van der Waals surface area contributed by atoms with E-state index >= 15 is 0 Å². The highest BCUT2D eigenvalue weighted by atomic mass is 79.9. The molecular weight excluding hydrogens is 438 g/mol. The first-order valence-corrected chi connectivity index (χ1v) is 11.0. The van der Waals surface area contributed by atoms with E-state index in [9.17, 15) is 4.79 Å². The highest BCUT2D eigenvalue weighted by molar-refractivity contribution is 9.10. The number of nitrogens with one attached hydrogen (secondary N) is 1. The van der Waals surface area contributed by atoms with Crippen LogP contribution in [0.4, 0.5) is 11.5 Å². The summed E-state index contributed by atoms with van der Waals surface area (Å²) in [5, 5.41) is 3.98. The zero-order chi connectivity index (χ0) is 19.7. The number of piperazine rings is 1. The molecule has 0 atom stereocenters. The van der Waals surface area contributed by atoms with Crippen LogP contribution in [-0.4, -0.2) is 53.5 Å². The maximum atomic E-state index is 12.9. The van der Waals surface area contributed by atoms with E-state index in [4.69, 9.17) is 0 Å². The number of carbonyl (C=O) groups excluding carboxylic acids is 1. The van der Waals surface area contributed by atoms with Crippen molar-refractivity contribution in [3.8, 4) is 0 Å². The highest BCUT2D eigenvalue weighted by Gasteiger charge is 2.24. The molecule has 1 saturated heterocycles. The minimum atomic E-state index is -0.111. The van der Waals surface area contributed by atoms with Crippen LogP contribution in [0.3, 0.4) is 0 Å². The van der Waals surface area contributed by atoms with Crippen molar-refractivity contribution in [3.05, 3.63) is 45.5 Å². The molecule has 146 valence electrons. The predicted octanol–water partition coefficient (Wildman–Crippen LogP) is 4.16. The maximum Gasteiger partial charge on any atom is 0.266 e. The minimum absolute atomic E-state index is 0.111. The average Bonchev–Trinajstić information content (AvgIpc) is 3.05. The summed E-state index contributed by atoms with van der Waals surface area (Å²) in [6.45, 7) is 9.19. The van der Waals surface area contributed by atoms with Gasteiger partial charge in [-0.2, -0.15) is 0 Å². The predicted molar refractivity (Wildman–Crippen MR) is 119 cm³/mol. The van der Waals surface area contributed by atoms with E-state index in [1.165, 1.54) is 11.3 Å². The van der Waals surface area contributed by atoms with Gasteiger partial charge >= 0.3 is 0 Å². The van der Waals surface area contributed by atoms with Gasteiger partial charge in [-0.1, -0.05) is 28.9 Å². The number of rotatable bonds is 4. The van der Waals surface area contributed by atoms with Crippen LogP contribution < -0.4 is 10.2 Å². The van der Waals surface area contributed by atoms with Crippen molar-refractivity contribution in [1.82, 2.24) is 14.9 Å². The second kappa shape index (κ2) is 8.14. The molecule has 1 aliphatic rings. The van der Waals surface area contributed by atoms with Gasteiger partial charge in [0.15, 0.2) is 0 Å². The van der Waals surface area contributed by atoms with Crippen LogP contribution in [0, 0.1) is 6.92 Å². The molecule has 3 aromatic rings. The van der Waals surface area contributed by atoms with Crippen LogP contribution in [0.25, 0.3) is 10.2 Å². The molecule has 1 amide bonds. The molecule has 4 rings (SSSR count). The van der Waals surface area contributed by atoms with E-state index in [1.807, 2.05) is 31.2 Å². The van der Waals surface area contributed by atoms with Crippen molar-refractivity contribution in [1.29, 1.82) is 0 Å². The normalized spacial score (nSPS) is 15.2. The lowest BCUT2D eigenvalue weighted by atomic mass is 10.1. The molecule has 1 aromatic carbocycles. The van der Waals surface area contributed by atoms with E-state index in [-0.39, 0.29) is 5.91 Å². The Morgan fingerprint density at radius 2 is 2.04 bits per heavy atom. The Labute approximate surface area is 176 Å². The smallest absolute Gasteiger partial charge is 0.266 e. The zero-order valence-corrected chi connectivity index (χ0v) is 18.3. The van der Waals surface area contributed by atoms with Crippen molar-refractivity contribution in [2.45, 2.75) is 13.8 Å². The van der Waals surface area contributed by atoms with Crippen molar-refractivity contribution in [3.63, 3.8) is 0 Å². The van der Waals surface area contributed by atoms with Crippen molar-refractivity contribution in [2.24, 2.45) is 0 Å². The summed E-state index contributed by atoms with van der Waals surface area (Å²) in [7, 11) is 0. The summed E-state index contributed by atoms with van der Waals surface area (Å²) in [6, 6.07) is 7.60. The number of amides is 1. The summed E-state index contributed by atoms with van der Waals surface area (Å²) in [5.41, 5.74) is 1.71. The molecule has 0 spiro atoms. The van der Waals surface area contributed by atoms with Crippen LogP contribution in [0.5, 0.6) is 0 Å². The monoisotopic (exact) mass is 459 g/mol. The first-order valence-electron chi connectivity index (χ1n) is 9.35. The molecule has 28 heavy (non-hydrogen) atoms. The van der Waals surface area contributed by atoms with Crippen LogP contribution in [-0.2, 0) is 0 Å². The topological polar surface area (TPSA) is 61.4 Å². The lowest BCUT2D eigenvalue weighted by molar-refractivity contribution is 0.103. The summed E-state index contributed by atoms with van der Waals surface area (Å²) >= 11 is 4.86. The molecule has 3 heterocycles. The van der Waals surface area contributed by atoms with Gasteiger partial charge in [0.05, 0.1) is 10.3 Å². The lowest BCUT2D eigenvalue weighted by Crippen LogP contribution is -2.46. The van der Waals surface area contributed by atoms with Crippen LogP contribution in [0.2, 0.25) is 0 Å². The summed E-state index contributed by atoms with van der Waals surface area (Å²) < 4.78 is 0.928. The number of hydrogen-bond acceptors (Lipinski definition) is 6. The first-order chi connectivity index (χ1) is 13.6. The molecular formula is C20H22BrN5OS. The Hall–Kier alpha value is -2.03. The Kier molecular flexibility index (Phi) is 5.61. The molecule has 2 aromatic heterocycles. The quantitative estimate of drug-likeness (QED) is 0.634. The van der Waals surface area contributed by atoms with Gasteiger partial charge in [-0.3, -0.25) is 4.79 Å².